The SMILES string of the molecule is CNC(=O)c1cccc(Nc2ncnc(N3CCC(CCCc4ccccc4)CC3)n2)c1. The van der Waals surface area contributed by atoms with Crippen molar-refractivity contribution < 1.29 is 4.79 Å². The maximum atomic E-state index is 11.9. The quantitative estimate of drug-likeness (QED) is 0.557. The maximum absolute atomic E-state index is 11.9. The molecule has 1 amide bonds. The van der Waals surface area contributed by atoms with Gasteiger partial charge in [-0.25, -0.2) is 9.97 Å². The summed E-state index contributed by atoms with van der Waals surface area (Å²) in [7, 11) is 1.62. The lowest BCUT2D eigenvalue weighted by atomic mass is 9.91. The smallest absolute Gasteiger partial charge is 0.251 e. The summed E-state index contributed by atoms with van der Waals surface area (Å²) in [6.45, 7) is 1.93. The van der Waals surface area contributed by atoms with Gasteiger partial charge < -0.3 is 15.5 Å². The van der Waals surface area contributed by atoms with E-state index in [9.17, 15) is 4.79 Å². The van der Waals surface area contributed by atoms with Crippen LogP contribution in [0.3, 0.4) is 0 Å². The molecule has 4 rings (SSSR count). The van der Waals surface area contributed by atoms with Gasteiger partial charge >= 0.3 is 0 Å². The van der Waals surface area contributed by atoms with Crippen molar-refractivity contribution in [1.29, 1.82) is 0 Å². The molecule has 166 valence electrons. The van der Waals surface area contributed by atoms with Gasteiger partial charge in [-0.2, -0.15) is 4.98 Å². The van der Waals surface area contributed by atoms with E-state index in [4.69, 9.17) is 0 Å². The summed E-state index contributed by atoms with van der Waals surface area (Å²) in [6.07, 6.45) is 7.54. The van der Waals surface area contributed by atoms with Crippen LogP contribution in [-0.2, 0) is 6.42 Å². The molecule has 2 heterocycles. The molecule has 0 atom stereocenters. The van der Waals surface area contributed by atoms with E-state index in [1.807, 2.05) is 12.1 Å². The van der Waals surface area contributed by atoms with E-state index in [2.05, 4.69) is 60.8 Å². The molecule has 2 aromatic carbocycles. The van der Waals surface area contributed by atoms with Crippen molar-refractivity contribution in [3.63, 3.8) is 0 Å². The number of rotatable bonds is 8. The number of nitrogens with one attached hydrogen (secondary N) is 2. The Morgan fingerprint density at radius 2 is 1.88 bits per heavy atom. The minimum Gasteiger partial charge on any atom is -0.355 e. The zero-order valence-corrected chi connectivity index (χ0v) is 18.5. The topological polar surface area (TPSA) is 83.0 Å². The molecule has 0 spiro atoms. The van der Waals surface area contributed by atoms with E-state index in [1.54, 1.807) is 25.5 Å². The standard InChI is InChI=1S/C25H30N6O/c1-26-23(32)21-11-6-12-22(17-21)29-24-27-18-28-25(30-24)31-15-13-20(14-16-31)10-5-9-19-7-3-2-4-8-19/h2-4,6-8,11-12,17-18,20H,5,9-10,13-16H2,1H3,(H,26,32)(H,27,28,29,30). The summed E-state index contributed by atoms with van der Waals surface area (Å²) < 4.78 is 0. The van der Waals surface area contributed by atoms with Crippen LogP contribution >= 0.6 is 0 Å². The Hall–Kier alpha value is -3.48. The molecule has 0 saturated carbocycles. The van der Waals surface area contributed by atoms with Crippen molar-refractivity contribution in [3.05, 3.63) is 72.1 Å². The first-order valence-electron chi connectivity index (χ1n) is 11.3. The van der Waals surface area contributed by atoms with Crippen molar-refractivity contribution >= 4 is 23.5 Å². The van der Waals surface area contributed by atoms with Crippen molar-refractivity contribution in [2.24, 2.45) is 5.92 Å². The lowest BCUT2D eigenvalue weighted by Crippen LogP contribution is -2.35. The Morgan fingerprint density at radius 3 is 2.66 bits per heavy atom. The molecule has 0 unspecified atom stereocenters. The molecule has 0 radical (unpaired) electrons. The number of carbonyl (C=O) groups is 1. The summed E-state index contributed by atoms with van der Waals surface area (Å²) in [4.78, 5) is 27.3. The van der Waals surface area contributed by atoms with E-state index in [0.717, 1.165) is 44.0 Å². The molecule has 1 aromatic heterocycles. The number of piperidine rings is 1. The van der Waals surface area contributed by atoms with Gasteiger partial charge in [0, 0.05) is 31.4 Å². The van der Waals surface area contributed by atoms with E-state index < -0.39 is 0 Å². The number of hydrogen-bond acceptors (Lipinski definition) is 6. The predicted octanol–water partition coefficient (Wildman–Crippen LogP) is 4.21. The summed E-state index contributed by atoms with van der Waals surface area (Å²) in [5.41, 5.74) is 2.78. The van der Waals surface area contributed by atoms with E-state index in [-0.39, 0.29) is 5.91 Å². The summed E-state index contributed by atoms with van der Waals surface area (Å²) in [5.74, 6) is 1.82. The molecule has 7 nitrogen and oxygen atoms in total. The molecule has 1 saturated heterocycles. The van der Waals surface area contributed by atoms with Gasteiger partial charge in [-0.1, -0.05) is 36.4 Å². The fourth-order valence-electron chi connectivity index (χ4n) is 4.17. The summed E-state index contributed by atoms with van der Waals surface area (Å²) in [5, 5.41) is 5.82. The van der Waals surface area contributed by atoms with Gasteiger partial charge in [-0.15, -0.1) is 0 Å². The number of benzene rings is 2. The van der Waals surface area contributed by atoms with Gasteiger partial charge in [0.2, 0.25) is 11.9 Å². The molecule has 32 heavy (non-hydrogen) atoms. The number of aromatic nitrogens is 3. The Kier molecular flexibility index (Phi) is 7.27. The minimum atomic E-state index is -0.128. The number of amides is 1. The first-order valence-corrected chi connectivity index (χ1v) is 11.3. The average Bonchev–Trinajstić information content (AvgIpc) is 2.85. The highest BCUT2D eigenvalue weighted by Gasteiger charge is 2.21. The second kappa shape index (κ2) is 10.7. The zero-order chi connectivity index (χ0) is 22.2. The predicted molar refractivity (Wildman–Crippen MR) is 127 cm³/mol. The molecule has 1 aliphatic rings. The van der Waals surface area contributed by atoms with Crippen LogP contribution in [0.25, 0.3) is 0 Å². The Morgan fingerprint density at radius 1 is 1.06 bits per heavy atom. The van der Waals surface area contributed by atoms with Gasteiger partial charge in [0.25, 0.3) is 5.91 Å². The Balaban J connectivity index is 1.29. The summed E-state index contributed by atoms with van der Waals surface area (Å²) in [6, 6.07) is 18.0. The third-order valence-corrected chi connectivity index (χ3v) is 5.99. The second-order valence-electron chi connectivity index (χ2n) is 8.20. The van der Waals surface area contributed by atoms with Gasteiger partial charge in [0.1, 0.15) is 6.33 Å². The minimum absolute atomic E-state index is 0.128. The van der Waals surface area contributed by atoms with Gasteiger partial charge in [-0.3, -0.25) is 4.79 Å². The van der Waals surface area contributed by atoms with Gasteiger partial charge in [-0.05, 0) is 61.8 Å². The second-order valence-corrected chi connectivity index (χ2v) is 8.20. The lowest BCUT2D eigenvalue weighted by Gasteiger charge is -2.32. The highest BCUT2D eigenvalue weighted by Crippen LogP contribution is 2.25. The number of anilines is 3. The summed E-state index contributed by atoms with van der Waals surface area (Å²) >= 11 is 0. The Bertz CT molecular complexity index is 1020. The zero-order valence-electron chi connectivity index (χ0n) is 18.5. The molecule has 3 aromatic rings. The number of carbonyl (C=O) groups excluding carboxylic acids is 1. The van der Waals surface area contributed by atoms with Crippen LogP contribution < -0.4 is 15.5 Å². The van der Waals surface area contributed by atoms with Crippen molar-refractivity contribution in [2.45, 2.75) is 32.1 Å². The van der Waals surface area contributed by atoms with Crippen molar-refractivity contribution in [3.8, 4) is 0 Å². The normalized spacial score (nSPS) is 14.2. The van der Waals surface area contributed by atoms with Crippen LogP contribution in [0.2, 0.25) is 0 Å². The Labute approximate surface area is 189 Å². The molecule has 0 aliphatic carbocycles. The number of nitrogens with zero attached hydrogens (tertiary/aromatic N) is 4. The van der Waals surface area contributed by atoms with Crippen LogP contribution in [0.1, 0.15) is 41.6 Å². The molecule has 0 bridgehead atoms. The lowest BCUT2D eigenvalue weighted by molar-refractivity contribution is 0.0963. The molecular formula is C25H30N6O. The molecule has 2 N–H and O–H groups in total. The van der Waals surface area contributed by atoms with E-state index in [1.165, 1.54) is 18.4 Å². The van der Waals surface area contributed by atoms with Gasteiger partial charge in [0.15, 0.2) is 0 Å². The highest BCUT2D eigenvalue weighted by atomic mass is 16.1. The molecule has 1 aliphatic heterocycles. The van der Waals surface area contributed by atoms with E-state index in [0.29, 0.717) is 17.5 Å². The maximum Gasteiger partial charge on any atom is 0.251 e. The van der Waals surface area contributed by atoms with Crippen LogP contribution in [0.15, 0.2) is 60.9 Å². The first kappa shape index (κ1) is 21.7. The molecule has 7 heteroatoms. The van der Waals surface area contributed by atoms with E-state index >= 15 is 0 Å². The van der Waals surface area contributed by atoms with Gasteiger partial charge in [0.05, 0.1) is 0 Å². The fourth-order valence-corrected chi connectivity index (χ4v) is 4.17. The van der Waals surface area contributed by atoms with Crippen LogP contribution in [0, 0.1) is 5.92 Å². The van der Waals surface area contributed by atoms with Crippen molar-refractivity contribution in [2.75, 3.05) is 30.4 Å². The number of aryl methyl sites for hydroxylation is 1. The third-order valence-electron chi connectivity index (χ3n) is 5.99. The third kappa shape index (κ3) is 5.81. The first-order chi connectivity index (χ1) is 15.7. The largest absolute Gasteiger partial charge is 0.355 e. The van der Waals surface area contributed by atoms with Crippen LogP contribution in [0.5, 0.6) is 0 Å². The number of hydrogen-bond donors (Lipinski definition) is 2. The fraction of sp³-hybridized carbons (Fsp3) is 0.360. The van der Waals surface area contributed by atoms with Crippen molar-refractivity contribution in [1.82, 2.24) is 20.3 Å². The monoisotopic (exact) mass is 430 g/mol. The molecule has 1 fully saturated rings. The highest BCUT2D eigenvalue weighted by molar-refractivity contribution is 5.95. The average molecular weight is 431 g/mol. The molecular weight excluding hydrogens is 400 g/mol. The van der Waals surface area contributed by atoms with Crippen LogP contribution in [-0.4, -0.2) is 41.0 Å². The van der Waals surface area contributed by atoms with Crippen LogP contribution in [0.4, 0.5) is 17.6 Å².